The Bertz CT molecular complexity index is 893. The molecule has 1 heterocycles. The monoisotopic (exact) mass is 376 g/mol. The van der Waals surface area contributed by atoms with Crippen LogP contribution in [-0.2, 0) is 15.8 Å². The van der Waals surface area contributed by atoms with Crippen molar-refractivity contribution in [2.45, 2.75) is 26.4 Å². The number of nitrogens with zero attached hydrogens (tertiary/aromatic N) is 1. The summed E-state index contributed by atoms with van der Waals surface area (Å²) in [5, 5.41) is 2.34. The van der Waals surface area contributed by atoms with Gasteiger partial charge < -0.3 is 10.2 Å². The molecule has 2 amide bonds. The lowest BCUT2D eigenvalue weighted by molar-refractivity contribution is -0.137. The Balaban J connectivity index is 1.78. The first-order chi connectivity index (χ1) is 12.7. The molecule has 3 rings (SSSR count). The fourth-order valence-electron chi connectivity index (χ4n) is 3.20. The molecule has 2 aromatic carbocycles. The van der Waals surface area contributed by atoms with Gasteiger partial charge in [-0.1, -0.05) is 24.3 Å². The fraction of sp³-hybridized carbons (Fsp3) is 0.300. The van der Waals surface area contributed by atoms with Crippen molar-refractivity contribution >= 4 is 23.2 Å². The van der Waals surface area contributed by atoms with Gasteiger partial charge in [0.1, 0.15) is 0 Å². The Morgan fingerprint density at radius 1 is 1.15 bits per heavy atom. The molecule has 0 radical (unpaired) electrons. The molecule has 7 heteroatoms. The summed E-state index contributed by atoms with van der Waals surface area (Å²) < 4.78 is 39.3. The molecule has 1 aliphatic rings. The normalized spacial score (nSPS) is 17.3. The minimum absolute atomic E-state index is 0.0343. The molecule has 0 bridgehead atoms. The smallest absolute Gasteiger partial charge is 0.325 e. The van der Waals surface area contributed by atoms with E-state index in [0.717, 1.165) is 22.9 Å². The van der Waals surface area contributed by atoms with Crippen LogP contribution in [-0.4, -0.2) is 18.4 Å². The Labute approximate surface area is 155 Å². The number of aryl methyl sites for hydroxylation is 2. The van der Waals surface area contributed by atoms with Crippen molar-refractivity contribution in [3.8, 4) is 0 Å². The van der Waals surface area contributed by atoms with E-state index < -0.39 is 23.6 Å². The van der Waals surface area contributed by atoms with Crippen LogP contribution in [0.3, 0.4) is 0 Å². The third kappa shape index (κ3) is 3.97. The van der Waals surface area contributed by atoms with Gasteiger partial charge in [0.15, 0.2) is 0 Å². The Morgan fingerprint density at radius 2 is 1.85 bits per heavy atom. The number of halogens is 3. The highest BCUT2D eigenvalue weighted by atomic mass is 19.4. The number of nitrogens with one attached hydrogen (secondary N) is 1. The zero-order valence-corrected chi connectivity index (χ0v) is 14.9. The molecule has 0 aliphatic carbocycles. The van der Waals surface area contributed by atoms with E-state index >= 15 is 0 Å². The molecule has 4 nitrogen and oxygen atoms in total. The van der Waals surface area contributed by atoms with Crippen molar-refractivity contribution in [2.75, 3.05) is 16.8 Å². The van der Waals surface area contributed by atoms with Crippen molar-refractivity contribution in [3.63, 3.8) is 0 Å². The topological polar surface area (TPSA) is 49.4 Å². The van der Waals surface area contributed by atoms with E-state index in [1.54, 1.807) is 0 Å². The minimum Gasteiger partial charge on any atom is -0.325 e. The second-order valence-corrected chi connectivity index (χ2v) is 6.73. The highest BCUT2D eigenvalue weighted by Gasteiger charge is 2.38. The van der Waals surface area contributed by atoms with Gasteiger partial charge in [-0.05, 0) is 43.2 Å². The van der Waals surface area contributed by atoms with Crippen molar-refractivity contribution in [2.24, 2.45) is 5.92 Å². The number of benzene rings is 2. The van der Waals surface area contributed by atoms with Gasteiger partial charge in [0.05, 0.1) is 17.2 Å². The lowest BCUT2D eigenvalue weighted by Gasteiger charge is -2.20. The maximum atomic E-state index is 13.1. The summed E-state index contributed by atoms with van der Waals surface area (Å²) in [5.74, 6) is -1.51. The van der Waals surface area contributed by atoms with Gasteiger partial charge in [0.25, 0.3) is 0 Å². The van der Waals surface area contributed by atoms with E-state index in [-0.39, 0.29) is 24.6 Å². The Hall–Kier alpha value is -2.83. The maximum Gasteiger partial charge on any atom is 0.418 e. The second-order valence-electron chi connectivity index (χ2n) is 6.73. The first-order valence-corrected chi connectivity index (χ1v) is 8.51. The van der Waals surface area contributed by atoms with Gasteiger partial charge >= 0.3 is 6.18 Å². The van der Waals surface area contributed by atoms with E-state index in [1.165, 1.54) is 23.1 Å². The van der Waals surface area contributed by atoms with E-state index in [4.69, 9.17) is 0 Å². The molecule has 0 saturated carbocycles. The lowest BCUT2D eigenvalue weighted by Crippen LogP contribution is -2.29. The van der Waals surface area contributed by atoms with Crippen LogP contribution in [0.4, 0.5) is 24.5 Å². The first kappa shape index (κ1) is 18.9. The summed E-state index contributed by atoms with van der Waals surface area (Å²) in [7, 11) is 0. The first-order valence-electron chi connectivity index (χ1n) is 8.51. The lowest BCUT2D eigenvalue weighted by atomic mass is 10.1. The molecule has 0 spiro atoms. The van der Waals surface area contributed by atoms with Crippen LogP contribution in [0.25, 0.3) is 0 Å². The molecule has 2 aromatic rings. The average molecular weight is 376 g/mol. The molecule has 27 heavy (non-hydrogen) atoms. The van der Waals surface area contributed by atoms with Crippen molar-refractivity contribution < 1.29 is 22.8 Å². The predicted octanol–water partition coefficient (Wildman–Crippen LogP) is 4.31. The SMILES string of the molecule is Cc1ccc(C)c(N2C[C@@H](C(=O)Nc3ccccc3C(F)(F)F)CC2=O)c1. The summed E-state index contributed by atoms with van der Waals surface area (Å²) in [4.78, 5) is 26.4. The number of anilines is 2. The average Bonchev–Trinajstić information content (AvgIpc) is 2.98. The number of para-hydroxylation sites is 1. The number of carbonyl (C=O) groups is 2. The molecule has 1 fully saturated rings. The maximum absolute atomic E-state index is 13.1. The summed E-state index contributed by atoms with van der Waals surface area (Å²) in [6, 6.07) is 10.5. The quantitative estimate of drug-likeness (QED) is 0.868. The van der Waals surface area contributed by atoms with Crippen LogP contribution in [0.15, 0.2) is 42.5 Å². The number of carbonyl (C=O) groups excluding carboxylic acids is 2. The van der Waals surface area contributed by atoms with E-state index in [2.05, 4.69) is 5.32 Å². The third-order valence-electron chi connectivity index (χ3n) is 4.64. The van der Waals surface area contributed by atoms with E-state index in [9.17, 15) is 22.8 Å². The van der Waals surface area contributed by atoms with Crippen LogP contribution in [0.5, 0.6) is 0 Å². The van der Waals surface area contributed by atoms with Crippen LogP contribution >= 0.6 is 0 Å². The molecule has 1 atom stereocenters. The predicted molar refractivity (Wildman–Crippen MR) is 96.4 cm³/mol. The van der Waals surface area contributed by atoms with Crippen LogP contribution < -0.4 is 10.2 Å². The van der Waals surface area contributed by atoms with Gasteiger partial charge in [-0.3, -0.25) is 9.59 Å². The number of amides is 2. The van der Waals surface area contributed by atoms with Gasteiger partial charge in [0.2, 0.25) is 11.8 Å². The summed E-state index contributed by atoms with van der Waals surface area (Å²) in [6.45, 7) is 3.92. The molecule has 1 aliphatic heterocycles. The van der Waals surface area contributed by atoms with Gasteiger partial charge in [0, 0.05) is 18.7 Å². The van der Waals surface area contributed by atoms with Crippen molar-refractivity contribution in [1.82, 2.24) is 0 Å². The Kier molecular flexibility index (Phi) is 4.95. The number of hydrogen-bond acceptors (Lipinski definition) is 2. The molecule has 1 N–H and O–H groups in total. The van der Waals surface area contributed by atoms with E-state index in [0.29, 0.717) is 0 Å². The van der Waals surface area contributed by atoms with Crippen molar-refractivity contribution in [1.29, 1.82) is 0 Å². The summed E-state index contributed by atoms with van der Waals surface area (Å²) in [5.41, 5.74) is 1.40. The highest BCUT2D eigenvalue weighted by Crippen LogP contribution is 2.35. The largest absolute Gasteiger partial charge is 0.418 e. The number of rotatable bonds is 3. The molecule has 0 unspecified atom stereocenters. The third-order valence-corrected chi connectivity index (χ3v) is 4.64. The van der Waals surface area contributed by atoms with E-state index in [1.807, 2.05) is 32.0 Å². The van der Waals surface area contributed by atoms with Crippen LogP contribution in [0, 0.1) is 19.8 Å². The fourth-order valence-corrected chi connectivity index (χ4v) is 3.20. The summed E-state index contributed by atoms with van der Waals surface area (Å²) >= 11 is 0. The second kappa shape index (κ2) is 7.06. The Morgan fingerprint density at radius 3 is 2.56 bits per heavy atom. The molecule has 1 saturated heterocycles. The number of alkyl halides is 3. The number of hydrogen-bond donors (Lipinski definition) is 1. The molecular formula is C20H19F3N2O2. The standard InChI is InChI=1S/C20H19F3N2O2/c1-12-7-8-13(2)17(9-12)25-11-14(10-18(25)26)19(27)24-16-6-4-3-5-15(16)20(21,22)23/h3-9,14H,10-11H2,1-2H3,(H,24,27)/t14-/m0/s1. The van der Waals surface area contributed by atoms with Gasteiger partial charge in [-0.2, -0.15) is 13.2 Å². The van der Waals surface area contributed by atoms with Gasteiger partial charge in [-0.15, -0.1) is 0 Å². The molecule has 0 aromatic heterocycles. The zero-order valence-electron chi connectivity index (χ0n) is 14.9. The highest BCUT2D eigenvalue weighted by molar-refractivity contribution is 6.04. The van der Waals surface area contributed by atoms with Gasteiger partial charge in [-0.25, -0.2) is 0 Å². The molecular weight excluding hydrogens is 357 g/mol. The van der Waals surface area contributed by atoms with Crippen molar-refractivity contribution in [3.05, 3.63) is 59.2 Å². The van der Waals surface area contributed by atoms with Crippen LogP contribution in [0.2, 0.25) is 0 Å². The zero-order chi connectivity index (χ0) is 19.8. The molecule has 142 valence electrons. The van der Waals surface area contributed by atoms with Crippen LogP contribution in [0.1, 0.15) is 23.1 Å². The minimum atomic E-state index is -4.57. The summed E-state index contributed by atoms with van der Waals surface area (Å²) in [6.07, 6.45) is -4.60.